The van der Waals surface area contributed by atoms with E-state index in [1.54, 1.807) is 0 Å². The van der Waals surface area contributed by atoms with Gasteiger partial charge in [-0.25, -0.2) is 0 Å². The van der Waals surface area contributed by atoms with Crippen LogP contribution in [-0.4, -0.2) is 30.6 Å². The van der Waals surface area contributed by atoms with Crippen molar-refractivity contribution in [2.75, 3.05) is 19.6 Å². The molecule has 1 aromatic carbocycles. The molecule has 2 heterocycles. The van der Waals surface area contributed by atoms with E-state index >= 15 is 0 Å². The smallest absolute Gasteiger partial charge is 0.0406 e. The highest BCUT2D eigenvalue weighted by Gasteiger charge is 2.34. The summed E-state index contributed by atoms with van der Waals surface area (Å²) in [5.74, 6) is 0.857. The lowest BCUT2D eigenvalue weighted by atomic mass is 9.92. The van der Waals surface area contributed by atoms with Crippen LogP contribution in [0.5, 0.6) is 0 Å². The molecule has 0 amide bonds. The maximum atomic E-state index is 5.98. The number of rotatable bonds is 4. The van der Waals surface area contributed by atoms with E-state index in [0.717, 1.165) is 17.4 Å². The van der Waals surface area contributed by atoms with E-state index < -0.39 is 0 Å². The van der Waals surface area contributed by atoms with Gasteiger partial charge in [0.1, 0.15) is 0 Å². The summed E-state index contributed by atoms with van der Waals surface area (Å²) in [5, 5.41) is 4.72. The molecule has 19 heavy (non-hydrogen) atoms. The number of halogens is 1. The first-order valence-electron chi connectivity index (χ1n) is 7.50. The maximum Gasteiger partial charge on any atom is 0.0406 e. The van der Waals surface area contributed by atoms with Gasteiger partial charge in [0, 0.05) is 23.7 Å². The number of benzene rings is 1. The summed E-state index contributed by atoms with van der Waals surface area (Å²) < 4.78 is 0. The van der Waals surface area contributed by atoms with Crippen molar-refractivity contribution in [3.8, 4) is 0 Å². The van der Waals surface area contributed by atoms with Crippen molar-refractivity contribution in [2.45, 2.75) is 38.3 Å². The predicted octanol–water partition coefficient (Wildman–Crippen LogP) is 3.47. The number of piperidine rings is 1. The van der Waals surface area contributed by atoms with Crippen molar-refractivity contribution in [2.24, 2.45) is 5.92 Å². The molecule has 2 saturated heterocycles. The monoisotopic (exact) mass is 278 g/mol. The molecule has 3 heteroatoms. The Bertz CT molecular complexity index is 417. The van der Waals surface area contributed by atoms with Crippen LogP contribution in [0.1, 0.15) is 37.8 Å². The largest absolute Gasteiger partial charge is 0.307 e. The van der Waals surface area contributed by atoms with E-state index in [-0.39, 0.29) is 0 Å². The molecular weight excluding hydrogens is 256 g/mol. The molecule has 0 aromatic heterocycles. The van der Waals surface area contributed by atoms with Crippen molar-refractivity contribution in [1.29, 1.82) is 0 Å². The van der Waals surface area contributed by atoms with E-state index in [4.69, 9.17) is 11.6 Å². The summed E-state index contributed by atoms with van der Waals surface area (Å²) in [6, 6.07) is 9.48. The van der Waals surface area contributed by atoms with E-state index in [2.05, 4.69) is 29.3 Å². The molecule has 1 aromatic rings. The van der Waals surface area contributed by atoms with Crippen molar-refractivity contribution in [3.05, 3.63) is 34.9 Å². The second-order valence-corrected chi connectivity index (χ2v) is 6.36. The van der Waals surface area contributed by atoms with Crippen LogP contribution >= 0.6 is 11.6 Å². The Morgan fingerprint density at radius 2 is 2.00 bits per heavy atom. The van der Waals surface area contributed by atoms with Gasteiger partial charge in [-0.3, -0.25) is 0 Å². The van der Waals surface area contributed by atoms with E-state index in [9.17, 15) is 0 Å². The van der Waals surface area contributed by atoms with Gasteiger partial charge in [0.15, 0.2) is 0 Å². The van der Waals surface area contributed by atoms with Crippen LogP contribution in [0.15, 0.2) is 24.3 Å². The second-order valence-electron chi connectivity index (χ2n) is 5.92. The molecule has 0 saturated carbocycles. The second kappa shape index (κ2) is 5.82. The van der Waals surface area contributed by atoms with Crippen molar-refractivity contribution in [3.63, 3.8) is 0 Å². The molecule has 4 unspecified atom stereocenters. The number of fused-ring (bicyclic) bond motifs is 2. The fourth-order valence-corrected chi connectivity index (χ4v) is 3.70. The van der Waals surface area contributed by atoms with Gasteiger partial charge in [0.2, 0.25) is 0 Å². The molecule has 4 atom stereocenters. The number of hydrogen-bond acceptors (Lipinski definition) is 2. The predicted molar refractivity (Wildman–Crippen MR) is 80.6 cm³/mol. The Morgan fingerprint density at radius 1 is 1.26 bits per heavy atom. The lowest BCUT2D eigenvalue weighted by Crippen LogP contribution is -2.45. The highest BCUT2D eigenvalue weighted by molar-refractivity contribution is 6.30. The van der Waals surface area contributed by atoms with Crippen molar-refractivity contribution in [1.82, 2.24) is 10.2 Å². The first-order valence-corrected chi connectivity index (χ1v) is 7.88. The summed E-state index contributed by atoms with van der Waals surface area (Å²) >= 11 is 5.98. The van der Waals surface area contributed by atoms with Crippen LogP contribution in [0.25, 0.3) is 0 Å². The molecule has 0 spiro atoms. The van der Waals surface area contributed by atoms with Gasteiger partial charge >= 0.3 is 0 Å². The van der Waals surface area contributed by atoms with Gasteiger partial charge in [-0.05, 0) is 56.0 Å². The molecule has 1 N–H and O–H groups in total. The lowest BCUT2D eigenvalue weighted by Gasteiger charge is -2.34. The van der Waals surface area contributed by atoms with Crippen molar-refractivity contribution >= 4 is 11.6 Å². The molecule has 3 rings (SSSR count). The fraction of sp³-hybridized carbons (Fsp3) is 0.625. The summed E-state index contributed by atoms with van der Waals surface area (Å²) in [5.41, 5.74) is 1.37. The topological polar surface area (TPSA) is 15.3 Å². The Labute approximate surface area is 121 Å². The quantitative estimate of drug-likeness (QED) is 0.907. The van der Waals surface area contributed by atoms with Gasteiger partial charge in [-0.1, -0.05) is 30.7 Å². The van der Waals surface area contributed by atoms with Crippen LogP contribution in [0.2, 0.25) is 5.02 Å². The number of hydrogen-bond donors (Lipinski definition) is 1. The van der Waals surface area contributed by atoms with Gasteiger partial charge in [0.05, 0.1) is 0 Å². The van der Waals surface area contributed by atoms with Crippen LogP contribution in [0.4, 0.5) is 0 Å². The van der Waals surface area contributed by atoms with Gasteiger partial charge in [-0.2, -0.15) is 0 Å². The molecule has 2 aliphatic heterocycles. The fourth-order valence-electron chi connectivity index (χ4n) is 3.57. The Balaban J connectivity index is 1.67. The number of nitrogens with one attached hydrogen (secondary N) is 1. The molecule has 2 aliphatic rings. The van der Waals surface area contributed by atoms with Crippen LogP contribution in [-0.2, 0) is 0 Å². The first kappa shape index (κ1) is 13.4. The van der Waals surface area contributed by atoms with E-state index in [1.807, 2.05) is 12.1 Å². The first-order chi connectivity index (χ1) is 9.26. The minimum absolute atomic E-state index is 0.467. The normalized spacial score (nSPS) is 31.4. The minimum Gasteiger partial charge on any atom is -0.307 e. The Hall–Kier alpha value is -0.570. The zero-order valence-corrected chi connectivity index (χ0v) is 12.4. The Kier molecular flexibility index (Phi) is 4.11. The molecule has 0 radical (unpaired) electrons. The van der Waals surface area contributed by atoms with E-state index in [0.29, 0.717) is 12.1 Å². The van der Waals surface area contributed by atoms with E-state index in [1.165, 1.54) is 38.0 Å². The standard InChI is InChI=1S/C16H23ClN2/c1-2-15(12-3-5-14(17)6-4-12)18-16-8-10-19-9-7-13(16)11-19/h3-6,13,15-16,18H,2,7-11H2,1H3. The third-order valence-corrected chi connectivity index (χ3v) is 4.98. The highest BCUT2D eigenvalue weighted by Crippen LogP contribution is 2.30. The summed E-state index contributed by atoms with van der Waals surface area (Å²) in [6.45, 7) is 6.14. The SMILES string of the molecule is CCC(NC1CCN2CCC1C2)c1ccc(Cl)cc1. The summed E-state index contributed by atoms with van der Waals surface area (Å²) in [7, 11) is 0. The van der Waals surface area contributed by atoms with Crippen LogP contribution in [0, 0.1) is 5.92 Å². The average molecular weight is 279 g/mol. The zero-order chi connectivity index (χ0) is 13.2. The third kappa shape index (κ3) is 2.96. The van der Waals surface area contributed by atoms with Gasteiger partial charge in [-0.15, -0.1) is 0 Å². The molecule has 2 nitrogen and oxygen atoms in total. The molecule has 104 valence electrons. The molecule has 2 fully saturated rings. The van der Waals surface area contributed by atoms with Crippen LogP contribution in [0.3, 0.4) is 0 Å². The Morgan fingerprint density at radius 3 is 2.74 bits per heavy atom. The molecular formula is C16H23ClN2. The molecule has 2 bridgehead atoms. The zero-order valence-electron chi connectivity index (χ0n) is 11.6. The summed E-state index contributed by atoms with van der Waals surface area (Å²) in [6.07, 6.45) is 3.80. The summed E-state index contributed by atoms with van der Waals surface area (Å²) in [4.78, 5) is 2.60. The average Bonchev–Trinajstić information content (AvgIpc) is 2.82. The molecule has 0 aliphatic carbocycles. The van der Waals surface area contributed by atoms with Gasteiger partial charge in [0.25, 0.3) is 0 Å². The minimum atomic E-state index is 0.467. The maximum absolute atomic E-state index is 5.98. The third-order valence-electron chi connectivity index (χ3n) is 4.73. The lowest BCUT2D eigenvalue weighted by molar-refractivity contribution is 0.208. The van der Waals surface area contributed by atoms with Gasteiger partial charge < -0.3 is 10.2 Å². The van der Waals surface area contributed by atoms with Crippen LogP contribution < -0.4 is 5.32 Å². The highest BCUT2D eigenvalue weighted by atomic mass is 35.5. The van der Waals surface area contributed by atoms with Crippen molar-refractivity contribution < 1.29 is 0 Å². The number of nitrogens with zero attached hydrogens (tertiary/aromatic N) is 1.